The van der Waals surface area contributed by atoms with Crippen molar-refractivity contribution in [3.8, 4) is 0 Å². The van der Waals surface area contributed by atoms with Crippen molar-refractivity contribution >= 4 is 17.8 Å². The van der Waals surface area contributed by atoms with E-state index in [0.717, 1.165) is 10.5 Å². The maximum atomic E-state index is 12.8. The Kier molecular flexibility index (Phi) is 4.23. The molecule has 0 aliphatic carbocycles. The fraction of sp³-hybridized carbons (Fsp3) is 0.150. The average Bonchev–Trinajstić information content (AvgIpc) is 2.87. The van der Waals surface area contributed by atoms with Gasteiger partial charge < -0.3 is 5.11 Å². The standard InChI is InChI=1S/C20H17NO4/c1-2-12-20(19(24)25,13-14-8-4-3-5-9-14)21-17(22)15-10-6-7-11-16(15)18(21)23/h2-11H,1,12-13H2,(H,24,25)/t20-/m0/s1. The summed E-state index contributed by atoms with van der Waals surface area (Å²) in [4.78, 5) is 38.8. The van der Waals surface area contributed by atoms with E-state index in [4.69, 9.17) is 0 Å². The van der Waals surface area contributed by atoms with E-state index in [2.05, 4.69) is 6.58 Å². The Hall–Kier alpha value is -3.21. The van der Waals surface area contributed by atoms with Gasteiger partial charge in [0, 0.05) is 6.42 Å². The number of carbonyl (C=O) groups excluding carboxylic acids is 2. The first-order valence-electron chi connectivity index (χ1n) is 7.87. The lowest BCUT2D eigenvalue weighted by molar-refractivity contribution is -0.148. The molecular weight excluding hydrogens is 318 g/mol. The number of hydrogen-bond donors (Lipinski definition) is 1. The molecule has 2 aromatic carbocycles. The Morgan fingerprint density at radius 1 is 1.00 bits per heavy atom. The maximum Gasteiger partial charge on any atom is 0.330 e. The Bertz CT molecular complexity index is 824. The summed E-state index contributed by atoms with van der Waals surface area (Å²) < 4.78 is 0. The van der Waals surface area contributed by atoms with Crippen LogP contribution in [-0.4, -0.2) is 33.3 Å². The molecule has 1 aliphatic rings. The van der Waals surface area contributed by atoms with Crippen molar-refractivity contribution in [1.29, 1.82) is 0 Å². The molecule has 1 atom stereocenters. The third-order valence-electron chi connectivity index (χ3n) is 4.44. The summed E-state index contributed by atoms with van der Waals surface area (Å²) in [5, 5.41) is 10.00. The molecule has 25 heavy (non-hydrogen) atoms. The minimum absolute atomic E-state index is 0.0145. The van der Waals surface area contributed by atoms with Crippen LogP contribution in [0.3, 0.4) is 0 Å². The van der Waals surface area contributed by atoms with Gasteiger partial charge in [-0.05, 0) is 24.1 Å². The van der Waals surface area contributed by atoms with E-state index < -0.39 is 23.3 Å². The quantitative estimate of drug-likeness (QED) is 0.650. The topological polar surface area (TPSA) is 74.7 Å². The van der Waals surface area contributed by atoms with Crippen LogP contribution in [0.25, 0.3) is 0 Å². The molecular formula is C20H17NO4. The van der Waals surface area contributed by atoms with Crippen LogP contribution < -0.4 is 0 Å². The third-order valence-corrected chi connectivity index (χ3v) is 4.44. The highest BCUT2D eigenvalue weighted by atomic mass is 16.4. The van der Waals surface area contributed by atoms with Crippen molar-refractivity contribution in [3.05, 3.63) is 83.9 Å². The zero-order chi connectivity index (χ0) is 18.0. The zero-order valence-electron chi connectivity index (χ0n) is 13.5. The number of hydrogen-bond acceptors (Lipinski definition) is 3. The smallest absolute Gasteiger partial charge is 0.330 e. The summed E-state index contributed by atoms with van der Waals surface area (Å²) in [6.07, 6.45) is 1.41. The van der Waals surface area contributed by atoms with Crippen molar-refractivity contribution in [2.45, 2.75) is 18.4 Å². The molecule has 0 saturated carbocycles. The minimum atomic E-state index is -1.71. The van der Waals surface area contributed by atoms with Gasteiger partial charge in [0.25, 0.3) is 11.8 Å². The van der Waals surface area contributed by atoms with Gasteiger partial charge in [0.05, 0.1) is 11.1 Å². The molecule has 2 amide bonds. The van der Waals surface area contributed by atoms with E-state index in [9.17, 15) is 19.5 Å². The molecule has 0 unspecified atom stereocenters. The van der Waals surface area contributed by atoms with Gasteiger partial charge in [-0.2, -0.15) is 0 Å². The summed E-state index contributed by atoms with van der Waals surface area (Å²) in [7, 11) is 0. The first-order valence-corrected chi connectivity index (χ1v) is 7.87. The Morgan fingerprint density at radius 2 is 1.52 bits per heavy atom. The van der Waals surface area contributed by atoms with E-state index >= 15 is 0 Å². The zero-order valence-corrected chi connectivity index (χ0v) is 13.5. The molecule has 2 aromatic rings. The largest absolute Gasteiger partial charge is 0.479 e. The number of amides is 2. The van der Waals surface area contributed by atoms with E-state index in [-0.39, 0.29) is 24.0 Å². The summed E-state index contributed by atoms with van der Waals surface area (Å²) >= 11 is 0. The second-order valence-corrected chi connectivity index (χ2v) is 5.98. The number of rotatable bonds is 6. The van der Waals surface area contributed by atoms with Crippen LogP contribution in [0.5, 0.6) is 0 Å². The number of benzene rings is 2. The van der Waals surface area contributed by atoms with Gasteiger partial charge in [-0.1, -0.05) is 48.5 Å². The van der Waals surface area contributed by atoms with E-state index in [1.807, 2.05) is 6.07 Å². The predicted octanol–water partition coefficient (Wildman–Crippen LogP) is 2.92. The Balaban J connectivity index is 2.12. The fourth-order valence-corrected chi connectivity index (χ4v) is 3.25. The monoisotopic (exact) mass is 335 g/mol. The lowest BCUT2D eigenvalue weighted by Crippen LogP contribution is -2.58. The molecule has 1 heterocycles. The van der Waals surface area contributed by atoms with Gasteiger partial charge in [-0.25, -0.2) is 4.79 Å². The normalized spacial score (nSPS) is 15.6. The van der Waals surface area contributed by atoms with Crippen LogP contribution in [0.1, 0.15) is 32.7 Å². The lowest BCUT2D eigenvalue weighted by Gasteiger charge is -2.36. The van der Waals surface area contributed by atoms with Gasteiger partial charge in [0.2, 0.25) is 0 Å². The molecule has 0 bridgehead atoms. The number of aliphatic carboxylic acids is 1. The Labute approximate surface area is 145 Å². The highest BCUT2D eigenvalue weighted by Crippen LogP contribution is 2.34. The summed E-state index contributed by atoms with van der Waals surface area (Å²) in [6, 6.07) is 15.3. The van der Waals surface area contributed by atoms with Gasteiger partial charge in [-0.15, -0.1) is 6.58 Å². The fourth-order valence-electron chi connectivity index (χ4n) is 3.25. The Morgan fingerprint density at radius 3 is 2.00 bits per heavy atom. The van der Waals surface area contributed by atoms with E-state index in [1.165, 1.54) is 6.08 Å². The SMILES string of the molecule is C=CC[C@](Cc1ccccc1)(C(=O)O)N1C(=O)c2ccccc2C1=O. The van der Waals surface area contributed by atoms with Gasteiger partial charge in [-0.3, -0.25) is 14.5 Å². The van der Waals surface area contributed by atoms with Crippen molar-refractivity contribution in [2.75, 3.05) is 0 Å². The highest BCUT2D eigenvalue weighted by molar-refractivity contribution is 6.23. The van der Waals surface area contributed by atoms with Gasteiger partial charge >= 0.3 is 5.97 Å². The first kappa shape index (κ1) is 16.6. The number of carbonyl (C=O) groups is 3. The molecule has 3 rings (SSSR count). The molecule has 0 spiro atoms. The van der Waals surface area contributed by atoms with E-state index in [1.54, 1.807) is 48.5 Å². The molecule has 0 radical (unpaired) electrons. The van der Waals surface area contributed by atoms with Crippen LogP contribution >= 0.6 is 0 Å². The second kappa shape index (κ2) is 6.36. The number of carboxylic acids is 1. The summed E-state index contributed by atoms with van der Waals surface area (Å²) in [5.74, 6) is -2.40. The minimum Gasteiger partial charge on any atom is -0.479 e. The van der Waals surface area contributed by atoms with Crippen LogP contribution in [0.15, 0.2) is 67.3 Å². The molecule has 0 saturated heterocycles. The number of nitrogens with zero attached hydrogens (tertiary/aromatic N) is 1. The van der Waals surface area contributed by atoms with Crippen molar-refractivity contribution < 1.29 is 19.5 Å². The molecule has 5 heteroatoms. The molecule has 1 aliphatic heterocycles. The van der Waals surface area contributed by atoms with Gasteiger partial charge in [0.1, 0.15) is 0 Å². The molecule has 126 valence electrons. The third kappa shape index (κ3) is 2.63. The number of imide groups is 1. The van der Waals surface area contributed by atoms with E-state index in [0.29, 0.717) is 0 Å². The molecule has 5 nitrogen and oxygen atoms in total. The number of fused-ring (bicyclic) bond motifs is 1. The van der Waals surface area contributed by atoms with Crippen LogP contribution in [0, 0.1) is 0 Å². The van der Waals surface area contributed by atoms with Crippen LogP contribution in [-0.2, 0) is 11.2 Å². The average molecular weight is 335 g/mol. The molecule has 0 fully saturated rings. The molecule has 0 aromatic heterocycles. The first-order chi connectivity index (χ1) is 12.0. The summed E-state index contributed by atoms with van der Waals surface area (Å²) in [5.41, 5.74) is -0.523. The van der Waals surface area contributed by atoms with Crippen LogP contribution in [0.4, 0.5) is 0 Å². The maximum absolute atomic E-state index is 12.8. The van der Waals surface area contributed by atoms with Crippen LogP contribution in [0.2, 0.25) is 0 Å². The van der Waals surface area contributed by atoms with Gasteiger partial charge in [0.15, 0.2) is 5.54 Å². The lowest BCUT2D eigenvalue weighted by atomic mass is 9.85. The van der Waals surface area contributed by atoms with Crippen molar-refractivity contribution in [1.82, 2.24) is 4.90 Å². The van der Waals surface area contributed by atoms with Crippen molar-refractivity contribution in [2.24, 2.45) is 0 Å². The van der Waals surface area contributed by atoms with Crippen molar-refractivity contribution in [3.63, 3.8) is 0 Å². The summed E-state index contributed by atoms with van der Waals surface area (Å²) in [6.45, 7) is 3.63. The number of carboxylic acid groups (broad SMARTS) is 1. The predicted molar refractivity (Wildman–Crippen MR) is 92.3 cm³/mol. The highest BCUT2D eigenvalue weighted by Gasteiger charge is 2.53. The molecule has 1 N–H and O–H groups in total. The second-order valence-electron chi connectivity index (χ2n) is 5.98.